The molecule has 23 heavy (non-hydrogen) atoms. The van der Waals surface area contributed by atoms with Gasteiger partial charge in [0.15, 0.2) is 0 Å². The monoisotopic (exact) mass is 338 g/mol. The Kier molecular flexibility index (Phi) is 4.25. The SMILES string of the molecule is CCc1onc(C)c1[C@@H]1CCCN1S(=O)(=O)c1ccccc1F. The molecule has 0 amide bonds. The van der Waals surface area contributed by atoms with Gasteiger partial charge in [0.05, 0.1) is 11.7 Å². The summed E-state index contributed by atoms with van der Waals surface area (Å²) < 4.78 is 46.5. The minimum absolute atomic E-state index is 0.279. The first-order valence-corrected chi connectivity index (χ1v) is 9.12. The Morgan fingerprint density at radius 1 is 1.39 bits per heavy atom. The van der Waals surface area contributed by atoms with Gasteiger partial charge < -0.3 is 4.52 Å². The van der Waals surface area contributed by atoms with Gasteiger partial charge in [-0.05, 0) is 31.9 Å². The molecule has 1 aromatic heterocycles. The quantitative estimate of drug-likeness (QED) is 0.859. The summed E-state index contributed by atoms with van der Waals surface area (Å²) in [6.45, 7) is 4.12. The molecule has 0 spiro atoms. The van der Waals surface area contributed by atoms with E-state index in [-0.39, 0.29) is 10.9 Å². The van der Waals surface area contributed by atoms with E-state index in [4.69, 9.17) is 4.52 Å². The van der Waals surface area contributed by atoms with E-state index in [1.54, 1.807) is 0 Å². The molecule has 0 unspecified atom stereocenters. The standard InChI is InChI=1S/C16H19FN2O3S/c1-3-14-16(11(2)18-22-14)13-8-6-10-19(13)23(20,21)15-9-5-4-7-12(15)17/h4-5,7,9,13H,3,6,8,10H2,1-2H3/t13-/m0/s1. The summed E-state index contributed by atoms with van der Waals surface area (Å²) in [5.41, 5.74) is 1.52. The van der Waals surface area contributed by atoms with Crippen LogP contribution in [-0.4, -0.2) is 24.4 Å². The van der Waals surface area contributed by atoms with E-state index in [9.17, 15) is 12.8 Å². The Bertz CT molecular complexity index is 816. The Morgan fingerprint density at radius 3 is 2.83 bits per heavy atom. The summed E-state index contributed by atoms with van der Waals surface area (Å²) >= 11 is 0. The Balaban J connectivity index is 2.05. The van der Waals surface area contributed by atoms with Crippen molar-refractivity contribution in [1.29, 1.82) is 0 Å². The first-order chi connectivity index (χ1) is 11.0. The van der Waals surface area contributed by atoms with Gasteiger partial charge in [-0.15, -0.1) is 0 Å². The molecule has 1 aromatic carbocycles. The second-order valence-corrected chi connectivity index (χ2v) is 7.52. The van der Waals surface area contributed by atoms with Crippen molar-refractivity contribution in [3.05, 3.63) is 47.1 Å². The lowest BCUT2D eigenvalue weighted by atomic mass is 10.0. The molecule has 1 saturated heterocycles. The van der Waals surface area contributed by atoms with Crippen LogP contribution >= 0.6 is 0 Å². The average molecular weight is 338 g/mol. The lowest BCUT2D eigenvalue weighted by molar-refractivity contribution is 0.367. The normalized spacial score (nSPS) is 19.3. The summed E-state index contributed by atoms with van der Waals surface area (Å²) in [6.07, 6.45) is 2.05. The predicted octanol–water partition coefficient (Wildman–Crippen LogP) is 3.21. The molecule has 1 aliphatic rings. The highest BCUT2D eigenvalue weighted by atomic mass is 32.2. The van der Waals surface area contributed by atoms with E-state index in [1.165, 1.54) is 28.6 Å². The molecular weight excluding hydrogens is 319 g/mol. The first kappa shape index (κ1) is 16.1. The van der Waals surface area contributed by atoms with E-state index >= 15 is 0 Å². The van der Waals surface area contributed by atoms with Crippen molar-refractivity contribution in [3.8, 4) is 0 Å². The molecule has 2 aromatic rings. The van der Waals surface area contributed by atoms with Crippen LogP contribution in [0, 0.1) is 12.7 Å². The maximum absolute atomic E-state index is 14.0. The van der Waals surface area contributed by atoms with Crippen LogP contribution in [0.3, 0.4) is 0 Å². The highest BCUT2D eigenvalue weighted by Gasteiger charge is 2.40. The van der Waals surface area contributed by atoms with Crippen LogP contribution in [0.2, 0.25) is 0 Å². The van der Waals surface area contributed by atoms with E-state index in [1.807, 2.05) is 13.8 Å². The zero-order chi connectivity index (χ0) is 16.6. The molecule has 2 heterocycles. The van der Waals surface area contributed by atoms with Crippen molar-refractivity contribution in [2.75, 3.05) is 6.54 Å². The van der Waals surface area contributed by atoms with Crippen molar-refractivity contribution < 1.29 is 17.3 Å². The van der Waals surface area contributed by atoms with Gasteiger partial charge in [-0.25, -0.2) is 12.8 Å². The topological polar surface area (TPSA) is 63.4 Å². The van der Waals surface area contributed by atoms with E-state index in [0.717, 1.165) is 12.0 Å². The van der Waals surface area contributed by atoms with Crippen molar-refractivity contribution in [2.24, 2.45) is 0 Å². The summed E-state index contributed by atoms with van der Waals surface area (Å²) in [5, 5.41) is 3.97. The number of sulfonamides is 1. The van der Waals surface area contributed by atoms with E-state index in [0.29, 0.717) is 30.8 Å². The minimum atomic E-state index is -3.90. The number of hydrogen-bond donors (Lipinski definition) is 0. The zero-order valence-corrected chi connectivity index (χ0v) is 13.9. The molecule has 1 fully saturated rings. The number of benzene rings is 1. The Hall–Kier alpha value is -1.73. The molecule has 0 bridgehead atoms. The highest BCUT2D eigenvalue weighted by Crippen LogP contribution is 2.39. The number of nitrogens with zero attached hydrogens (tertiary/aromatic N) is 2. The summed E-state index contributed by atoms with van der Waals surface area (Å²) in [6, 6.07) is 5.14. The number of halogens is 1. The molecule has 5 nitrogen and oxygen atoms in total. The largest absolute Gasteiger partial charge is 0.361 e. The fourth-order valence-electron chi connectivity index (χ4n) is 3.20. The fourth-order valence-corrected chi connectivity index (χ4v) is 4.94. The molecule has 1 atom stereocenters. The van der Waals surface area contributed by atoms with E-state index in [2.05, 4.69) is 5.16 Å². The lowest BCUT2D eigenvalue weighted by Gasteiger charge is -2.24. The third kappa shape index (κ3) is 2.68. The number of hydrogen-bond acceptors (Lipinski definition) is 4. The molecule has 0 radical (unpaired) electrons. The summed E-state index contributed by atoms with van der Waals surface area (Å²) in [4.78, 5) is -0.279. The summed E-state index contributed by atoms with van der Waals surface area (Å²) in [7, 11) is -3.90. The smallest absolute Gasteiger partial charge is 0.246 e. The molecule has 124 valence electrons. The molecule has 1 aliphatic heterocycles. The predicted molar refractivity (Wildman–Crippen MR) is 82.9 cm³/mol. The van der Waals surface area contributed by atoms with Gasteiger partial charge in [-0.3, -0.25) is 0 Å². The number of aromatic nitrogens is 1. The lowest BCUT2D eigenvalue weighted by Crippen LogP contribution is -2.31. The van der Waals surface area contributed by atoms with Crippen LogP contribution in [0.4, 0.5) is 4.39 Å². The maximum Gasteiger partial charge on any atom is 0.246 e. The maximum atomic E-state index is 14.0. The Labute approximate surface area is 135 Å². The van der Waals surface area contributed by atoms with Crippen LogP contribution in [0.5, 0.6) is 0 Å². The van der Waals surface area contributed by atoms with Crippen LogP contribution in [0.15, 0.2) is 33.7 Å². The molecule has 7 heteroatoms. The second kappa shape index (κ2) is 6.05. The van der Waals surface area contributed by atoms with Gasteiger partial charge in [0, 0.05) is 18.5 Å². The van der Waals surface area contributed by atoms with Crippen LogP contribution in [0.1, 0.15) is 42.8 Å². The zero-order valence-electron chi connectivity index (χ0n) is 13.1. The molecule has 3 rings (SSSR count). The van der Waals surface area contributed by atoms with E-state index < -0.39 is 15.8 Å². The van der Waals surface area contributed by atoms with Crippen molar-refractivity contribution in [2.45, 2.75) is 44.0 Å². The van der Waals surface area contributed by atoms with Crippen LogP contribution in [-0.2, 0) is 16.4 Å². The van der Waals surface area contributed by atoms with Crippen LogP contribution in [0.25, 0.3) is 0 Å². The van der Waals surface area contributed by atoms with Gasteiger partial charge >= 0.3 is 0 Å². The van der Waals surface area contributed by atoms with Crippen molar-refractivity contribution in [3.63, 3.8) is 0 Å². The van der Waals surface area contributed by atoms with Gasteiger partial charge in [0.2, 0.25) is 10.0 Å². The molecule has 0 N–H and O–H groups in total. The van der Waals surface area contributed by atoms with Crippen LogP contribution < -0.4 is 0 Å². The summed E-state index contributed by atoms with van der Waals surface area (Å²) in [5.74, 6) is -0.0287. The van der Waals surface area contributed by atoms with Crippen molar-refractivity contribution >= 4 is 10.0 Å². The fraction of sp³-hybridized carbons (Fsp3) is 0.438. The number of rotatable bonds is 4. The highest BCUT2D eigenvalue weighted by molar-refractivity contribution is 7.89. The third-order valence-electron chi connectivity index (χ3n) is 4.26. The first-order valence-electron chi connectivity index (χ1n) is 7.68. The van der Waals surface area contributed by atoms with Gasteiger partial charge in [0.25, 0.3) is 0 Å². The molecule has 0 saturated carbocycles. The second-order valence-electron chi connectivity index (χ2n) is 5.66. The number of aryl methyl sites for hydroxylation is 2. The molecular formula is C16H19FN2O3S. The van der Waals surface area contributed by atoms with Gasteiger partial charge in [0.1, 0.15) is 16.5 Å². The minimum Gasteiger partial charge on any atom is -0.361 e. The average Bonchev–Trinajstić information content (AvgIpc) is 3.13. The van der Waals surface area contributed by atoms with Crippen molar-refractivity contribution in [1.82, 2.24) is 9.46 Å². The Morgan fingerprint density at radius 2 is 2.13 bits per heavy atom. The molecule has 0 aliphatic carbocycles. The third-order valence-corrected chi connectivity index (χ3v) is 6.21. The van der Waals surface area contributed by atoms with Gasteiger partial charge in [-0.2, -0.15) is 4.31 Å². The van der Waals surface area contributed by atoms with Gasteiger partial charge in [-0.1, -0.05) is 24.2 Å².